The van der Waals surface area contributed by atoms with Gasteiger partial charge in [0.05, 0.1) is 13.2 Å². The lowest BCUT2D eigenvalue weighted by Crippen LogP contribution is -2.16. The first-order chi connectivity index (χ1) is 19.3. The van der Waals surface area contributed by atoms with Gasteiger partial charge in [-0.15, -0.1) is 0 Å². The van der Waals surface area contributed by atoms with Gasteiger partial charge in [0.25, 0.3) is 0 Å². The van der Waals surface area contributed by atoms with Crippen molar-refractivity contribution >= 4 is 0 Å². The third-order valence-corrected chi connectivity index (χ3v) is 7.74. The number of aryl methyl sites for hydroxylation is 1. The van der Waals surface area contributed by atoms with E-state index in [-0.39, 0.29) is 53.1 Å². The summed E-state index contributed by atoms with van der Waals surface area (Å²) in [6.07, 6.45) is 5.34. The van der Waals surface area contributed by atoms with Crippen molar-refractivity contribution < 1.29 is 35.8 Å². The van der Waals surface area contributed by atoms with Gasteiger partial charge in [0.15, 0.2) is 34.8 Å². The lowest BCUT2D eigenvalue weighted by Gasteiger charge is -2.29. The van der Waals surface area contributed by atoms with Gasteiger partial charge in [-0.2, -0.15) is 8.78 Å². The molecule has 1 saturated carbocycles. The molecule has 0 aromatic heterocycles. The second-order valence-electron chi connectivity index (χ2n) is 10.3. The average Bonchev–Trinajstić information content (AvgIpc) is 2.95. The number of unbranched alkanes of at least 4 members (excludes halogenated alkanes) is 1. The molecule has 0 atom stereocenters. The van der Waals surface area contributed by atoms with E-state index in [0.717, 1.165) is 25.7 Å². The summed E-state index contributed by atoms with van der Waals surface area (Å²) in [5.74, 6) is -6.95. The minimum absolute atomic E-state index is 0.0703. The largest absolute Gasteiger partial charge is 0.491 e. The zero-order valence-corrected chi connectivity index (χ0v) is 22.8. The molecular weight excluding hydrogens is 530 g/mol. The summed E-state index contributed by atoms with van der Waals surface area (Å²) in [4.78, 5) is 0. The van der Waals surface area contributed by atoms with Crippen LogP contribution in [-0.4, -0.2) is 13.2 Å². The summed E-state index contributed by atoms with van der Waals surface area (Å²) in [6, 6.07) is 8.11. The van der Waals surface area contributed by atoms with Crippen molar-refractivity contribution in [1.82, 2.24) is 0 Å². The first kappa shape index (κ1) is 29.8. The predicted molar refractivity (Wildman–Crippen MR) is 143 cm³/mol. The van der Waals surface area contributed by atoms with E-state index in [2.05, 4.69) is 0 Å². The Morgan fingerprint density at radius 3 is 1.93 bits per heavy atom. The van der Waals surface area contributed by atoms with E-state index in [9.17, 15) is 26.3 Å². The molecule has 0 saturated heterocycles. The van der Waals surface area contributed by atoms with Gasteiger partial charge in [0.1, 0.15) is 0 Å². The highest BCUT2D eigenvalue weighted by Gasteiger charge is 2.27. The molecule has 216 valence electrons. The third-order valence-electron chi connectivity index (χ3n) is 7.74. The van der Waals surface area contributed by atoms with Gasteiger partial charge in [0, 0.05) is 11.1 Å². The van der Waals surface area contributed by atoms with Crippen molar-refractivity contribution in [2.45, 2.75) is 71.1 Å². The Morgan fingerprint density at radius 2 is 1.25 bits per heavy atom. The molecule has 3 aromatic rings. The van der Waals surface area contributed by atoms with Crippen LogP contribution in [0.25, 0.3) is 11.1 Å². The van der Waals surface area contributed by atoms with Crippen LogP contribution in [0.5, 0.6) is 11.5 Å². The van der Waals surface area contributed by atoms with Gasteiger partial charge < -0.3 is 9.47 Å². The molecule has 0 amide bonds. The van der Waals surface area contributed by atoms with Crippen molar-refractivity contribution in [3.8, 4) is 22.6 Å². The van der Waals surface area contributed by atoms with Crippen LogP contribution in [0, 0.1) is 40.8 Å². The Hall–Kier alpha value is -3.16. The van der Waals surface area contributed by atoms with E-state index >= 15 is 0 Å². The maximum Gasteiger partial charge on any atom is 0.201 e. The lowest BCUT2D eigenvalue weighted by molar-refractivity contribution is 0.283. The third kappa shape index (κ3) is 6.42. The molecule has 2 nitrogen and oxygen atoms in total. The van der Waals surface area contributed by atoms with Crippen LogP contribution in [0.15, 0.2) is 36.4 Å². The van der Waals surface area contributed by atoms with Crippen molar-refractivity contribution in [3.05, 3.63) is 82.4 Å². The van der Waals surface area contributed by atoms with Crippen LogP contribution < -0.4 is 9.47 Å². The topological polar surface area (TPSA) is 18.5 Å². The van der Waals surface area contributed by atoms with Crippen LogP contribution in [-0.2, 0) is 6.42 Å². The number of rotatable bonds is 11. The number of halogens is 6. The molecule has 0 bridgehead atoms. The average molecular weight is 565 g/mol. The highest BCUT2D eigenvalue weighted by atomic mass is 19.2. The van der Waals surface area contributed by atoms with Crippen LogP contribution in [0.3, 0.4) is 0 Å². The molecule has 1 aliphatic carbocycles. The Balaban J connectivity index is 1.37. The molecule has 8 heteroatoms. The Morgan fingerprint density at radius 1 is 0.650 bits per heavy atom. The fourth-order valence-corrected chi connectivity index (χ4v) is 5.42. The fraction of sp³-hybridized carbons (Fsp3) is 0.438. The van der Waals surface area contributed by atoms with Crippen LogP contribution >= 0.6 is 0 Å². The van der Waals surface area contributed by atoms with Crippen molar-refractivity contribution in [1.29, 1.82) is 0 Å². The first-order valence-corrected chi connectivity index (χ1v) is 13.9. The second-order valence-corrected chi connectivity index (χ2v) is 10.3. The summed E-state index contributed by atoms with van der Waals surface area (Å²) in [5, 5.41) is 0. The van der Waals surface area contributed by atoms with Crippen molar-refractivity contribution in [2.75, 3.05) is 13.2 Å². The summed E-state index contributed by atoms with van der Waals surface area (Å²) < 4.78 is 98.3. The highest BCUT2D eigenvalue weighted by Crippen LogP contribution is 2.40. The molecule has 4 rings (SSSR count). The highest BCUT2D eigenvalue weighted by molar-refractivity contribution is 5.66. The minimum atomic E-state index is -1.30. The molecule has 0 unspecified atom stereocenters. The Bertz CT molecular complexity index is 1320. The molecule has 40 heavy (non-hydrogen) atoms. The van der Waals surface area contributed by atoms with Crippen molar-refractivity contribution in [3.63, 3.8) is 0 Å². The van der Waals surface area contributed by atoms with E-state index in [1.54, 1.807) is 13.0 Å². The van der Waals surface area contributed by atoms with Gasteiger partial charge in [0.2, 0.25) is 11.6 Å². The monoisotopic (exact) mass is 564 g/mol. The van der Waals surface area contributed by atoms with Gasteiger partial charge in [-0.3, -0.25) is 0 Å². The lowest BCUT2D eigenvalue weighted by atomic mass is 9.76. The van der Waals surface area contributed by atoms with Crippen LogP contribution in [0.4, 0.5) is 26.3 Å². The smallest absolute Gasteiger partial charge is 0.201 e. The van der Waals surface area contributed by atoms with Crippen molar-refractivity contribution in [2.24, 2.45) is 5.92 Å². The molecule has 3 aromatic carbocycles. The zero-order valence-electron chi connectivity index (χ0n) is 22.8. The quantitative estimate of drug-likeness (QED) is 0.171. The fourth-order valence-electron chi connectivity index (χ4n) is 5.42. The Kier molecular flexibility index (Phi) is 10.0. The van der Waals surface area contributed by atoms with Gasteiger partial charge in [-0.05, 0) is 93.0 Å². The molecule has 0 radical (unpaired) electrons. The zero-order chi connectivity index (χ0) is 28.8. The number of hydrogen-bond donors (Lipinski definition) is 0. The predicted octanol–water partition coefficient (Wildman–Crippen LogP) is 9.67. The molecule has 0 heterocycles. The summed E-state index contributed by atoms with van der Waals surface area (Å²) >= 11 is 0. The summed E-state index contributed by atoms with van der Waals surface area (Å²) in [5.41, 5.74) is -0.244. The summed E-state index contributed by atoms with van der Waals surface area (Å²) in [6.45, 7) is 4.07. The maximum atomic E-state index is 14.9. The number of hydrogen-bond acceptors (Lipinski definition) is 2. The van der Waals surface area contributed by atoms with Crippen LogP contribution in [0.1, 0.15) is 75.8 Å². The normalized spacial score (nSPS) is 17.2. The number of benzene rings is 3. The molecule has 0 aliphatic heterocycles. The van der Waals surface area contributed by atoms with Gasteiger partial charge >= 0.3 is 0 Å². The van der Waals surface area contributed by atoms with E-state index in [1.165, 1.54) is 30.3 Å². The molecule has 0 N–H and O–H groups in total. The van der Waals surface area contributed by atoms with Gasteiger partial charge in [-0.25, -0.2) is 17.6 Å². The van der Waals surface area contributed by atoms with E-state index < -0.39 is 34.9 Å². The maximum absolute atomic E-state index is 14.9. The molecule has 1 fully saturated rings. The molecular formula is C32H34F6O2. The van der Waals surface area contributed by atoms with E-state index in [1.807, 2.05) is 6.92 Å². The standard InChI is InChI=1S/C32H34F6O2/c1-3-5-18-40-26-16-14-22(28(34)32(26)38)20-9-6-19(7-10-20)8-11-21-12-13-23(29(35)27(21)33)24-15-17-25(39-4-2)31(37)30(24)36/h12-17,19-20H,3-11,18H2,1-2H3. The number of ether oxygens (including phenoxy) is 2. The first-order valence-electron chi connectivity index (χ1n) is 13.9. The SMILES string of the molecule is CCCCOc1ccc(C2CCC(CCc3ccc(-c4ccc(OCC)c(F)c4F)c(F)c3F)CC2)c(F)c1F. The minimum Gasteiger partial charge on any atom is -0.491 e. The van der Waals surface area contributed by atoms with E-state index in [4.69, 9.17) is 9.47 Å². The van der Waals surface area contributed by atoms with E-state index in [0.29, 0.717) is 31.4 Å². The van der Waals surface area contributed by atoms with Gasteiger partial charge in [-0.1, -0.05) is 31.5 Å². The Labute approximate surface area is 231 Å². The molecule has 0 spiro atoms. The molecule has 1 aliphatic rings. The van der Waals surface area contributed by atoms with Crippen LogP contribution in [0.2, 0.25) is 0 Å². The summed E-state index contributed by atoms with van der Waals surface area (Å²) in [7, 11) is 0. The second kappa shape index (κ2) is 13.5.